The van der Waals surface area contributed by atoms with E-state index in [1.54, 1.807) is 0 Å². The lowest BCUT2D eigenvalue weighted by atomic mass is 9.70. The van der Waals surface area contributed by atoms with E-state index in [1.165, 1.54) is 5.56 Å². The maximum absolute atomic E-state index is 11.2. The molecule has 2 aliphatic rings. The van der Waals surface area contributed by atoms with Gasteiger partial charge in [-0.15, -0.1) is 0 Å². The molecule has 5 heteroatoms. The van der Waals surface area contributed by atoms with Crippen LogP contribution in [0, 0.1) is 11.8 Å². The molecule has 0 aliphatic carbocycles. The minimum Gasteiger partial charge on any atom is -0.478 e. The Hall–Kier alpha value is -1.17. The number of piperidine rings is 1. The van der Waals surface area contributed by atoms with E-state index in [1.807, 2.05) is 19.2 Å². The van der Waals surface area contributed by atoms with Crippen LogP contribution in [0.4, 0.5) is 0 Å². The number of ether oxygens (including phenoxy) is 2. The Morgan fingerprint density at radius 3 is 2.79 bits per heavy atom. The fourth-order valence-corrected chi connectivity index (χ4v) is 4.16. The molecule has 1 aromatic rings. The molecule has 0 radical (unpaired) electrons. The van der Waals surface area contributed by atoms with Gasteiger partial charge in [-0.3, -0.25) is 4.90 Å². The van der Waals surface area contributed by atoms with Crippen LogP contribution in [0.5, 0.6) is 5.88 Å². The first-order valence-corrected chi connectivity index (χ1v) is 9.22. The maximum Gasteiger partial charge on any atom is 0.213 e. The maximum atomic E-state index is 11.2. The van der Waals surface area contributed by atoms with Crippen molar-refractivity contribution in [2.75, 3.05) is 32.9 Å². The van der Waals surface area contributed by atoms with Gasteiger partial charge in [-0.05, 0) is 43.6 Å². The molecule has 5 nitrogen and oxygen atoms in total. The summed E-state index contributed by atoms with van der Waals surface area (Å²) in [7, 11) is 0. The lowest BCUT2D eigenvalue weighted by Crippen LogP contribution is -2.55. The van der Waals surface area contributed by atoms with Crippen LogP contribution in [0.25, 0.3) is 0 Å². The number of aliphatic hydroxyl groups is 1. The SMILES string of the molecule is CCOc1ccc(CN2CC[C@@](O)(C3CCOCC3)[C@H](C)C2)cn1. The van der Waals surface area contributed by atoms with Gasteiger partial charge in [0.1, 0.15) is 0 Å². The van der Waals surface area contributed by atoms with E-state index in [0.29, 0.717) is 18.4 Å². The van der Waals surface area contributed by atoms with Crippen molar-refractivity contribution >= 4 is 0 Å². The van der Waals surface area contributed by atoms with E-state index in [2.05, 4.69) is 22.9 Å². The molecule has 2 fully saturated rings. The van der Waals surface area contributed by atoms with Crippen LogP contribution in [0.2, 0.25) is 0 Å². The lowest BCUT2D eigenvalue weighted by molar-refractivity contribution is -0.131. The average molecular weight is 334 g/mol. The minimum absolute atomic E-state index is 0.282. The van der Waals surface area contributed by atoms with Crippen molar-refractivity contribution in [3.8, 4) is 5.88 Å². The van der Waals surface area contributed by atoms with Crippen molar-refractivity contribution in [2.45, 2.75) is 45.3 Å². The van der Waals surface area contributed by atoms with Crippen LogP contribution in [0.15, 0.2) is 18.3 Å². The molecule has 1 aromatic heterocycles. The highest BCUT2D eigenvalue weighted by Crippen LogP contribution is 2.39. The molecule has 0 aromatic carbocycles. The van der Waals surface area contributed by atoms with Gasteiger partial charge in [-0.2, -0.15) is 0 Å². The average Bonchev–Trinajstić information content (AvgIpc) is 2.61. The molecular weight excluding hydrogens is 304 g/mol. The Balaban J connectivity index is 1.56. The predicted octanol–water partition coefficient (Wildman–Crippen LogP) is 2.48. The molecule has 24 heavy (non-hydrogen) atoms. The van der Waals surface area contributed by atoms with E-state index in [-0.39, 0.29) is 5.92 Å². The van der Waals surface area contributed by atoms with Crippen molar-refractivity contribution in [2.24, 2.45) is 11.8 Å². The van der Waals surface area contributed by atoms with Crippen LogP contribution in [-0.2, 0) is 11.3 Å². The third-order valence-electron chi connectivity index (χ3n) is 5.64. The summed E-state index contributed by atoms with van der Waals surface area (Å²) in [5.74, 6) is 1.35. The van der Waals surface area contributed by atoms with Gasteiger partial charge in [0.2, 0.25) is 5.88 Å². The van der Waals surface area contributed by atoms with E-state index >= 15 is 0 Å². The topological polar surface area (TPSA) is 54.8 Å². The van der Waals surface area contributed by atoms with Gasteiger partial charge in [0.25, 0.3) is 0 Å². The summed E-state index contributed by atoms with van der Waals surface area (Å²) in [5, 5.41) is 11.2. The van der Waals surface area contributed by atoms with E-state index in [9.17, 15) is 5.11 Å². The van der Waals surface area contributed by atoms with Gasteiger partial charge in [-0.1, -0.05) is 13.0 Å². The molecule has 2 saturated heterocycles. The molecular formula is C19H30N2O3. The zero-order valence-corrected chi connectivity index (χ0v) is 14.9. The van der Waals surface area contributed by atoms with Crippen molar-refractivity contribution < 1.29 is 14.6 Å². The third-order valence-corrected chi connectivity index (χ3v) is 5.64. The van der Waals surface area contributed by atoms with Gasteiger partial charge in [0.15, 0.2) is 0 Å². The molecule has 134 valence electrons. The molecule has 1 N–H and O–H groups in total. The highest BCUT2D eigenvalue weighted by atomic mass is 16.5. The quantitative estimate of drug-likeness (QED) is 0.896. The van der Waals surface area contributed by atoms with Crippen LogP contribution >= 0.6 is 0 Å². The zero-order chi connectivity index (χ0) is 17.0. The standard InChI is InChI=1S/C19H30N2O3/c1-3-24-18-5-4-16(12-20-18)14-21-9-8-19(22,15(2)13-21)17-6-10-23-11-7-17/h4-5,12,15,17,22H,3,6-11,13-14H2,1-2H3/t15-,19+/m1/s1. The lowest BCUT2D eigenvalue weighted by Gasteiger charge is -2.48. The Morgan fingerprint density at radius 1 is 1.38 bits per heavy atom. The molecule has 2 atom stereocenters. The number of aromatic nitrogens is 1. The number of hydrogen-bond acceptors (Lipinski definition) is 5. The molecule has 0 saturated carbocycles. The minimum atomic E-state index is -0.530. The smallest absolute Gasteiger partial charge is 0.213 e. The van der Waals surface area contributed by atoms with Crippen molar-refractivity contribution in [1.82, 2.24) is 9.88 Å². The van der Waals surface area contributed by atoms with Gasteiger partial charge in [0, 0.05) is 45.1 Å². The molecule has 2 aliphatic heterocycles. The second-order valence-corrected chi connectivity index (χ2v) is 7.20. The van der Waals surface area contributed by atoms with Crippen molar-refractivity contribution in [1.29, 1.82) is 0 Å². The molecule has 3 rings (SSSR count). The second-order valence-electron chi connectivity index (χ2n) is 7.20. The first kappa shape index (κ1) is 17.6. The normalized spacial score (nSPS) is 29.5. The number of pyridine rings is 1. The number of hydrogen-bond donors (Lipinski definition) is 1. The van der Waals surface area contributed by atoms with Gasteiger partial charge in [-0.25, -0.2) is 4.98 Å². The van der Waals surface area contributed by atoms with E-state index in [4.69, 9.17) is 9.47 Å². The van der Waals surface area contributed by atoms with Gasteiger partial charge >= 0.3 is 0 Å². The Bertz CT molecular complexity index is 516. The molecule has 0 unspecified atom stereocenters. The fourth-order valence-electron chi connectivity index (χ4n) is 4.16. The van der Waals surface area contributed by atoms with Crippen molar-refractivity contribution in [3.05, 3.63) is 23.9 Å². The monoisotopic (exact) mass is 334 g/mol. The van der Waals surface area contributed by atoms with Gasteiger partial charge in [0.05, 0.1) is 12.2 Å². The number of nitrogens with zero attached hydrogens (tertiary/aromatic N) is 2. The van der Waals surface area contributed by atoms with Crippen LogP contribution in [-0.4, -0.2) is 53.5 Å². The van der Waals surface area contributed by atoms with Crippen LogP contribution in [0.1, 0.15) is 38.7 Å². The summed E-state index contributed by atoms with van der Waals surface area (Å²) in [5.41, 5.74) is 0.666. The first-order chi connectivity index (χ1) is 11.6. The third kappa shape index (κ3) is 3.90. The molecule has 3 heterocycles. The summed E-state index contributed by atoms with van der Waals surface area (Å²) < 4.78 is 10.9. The Kier molecular flexibility index (Phi) is 5.74. The largest absolute Gasteiger partial charge is 0.478 e. The summed E-state index contributed by atoms with van der Waals surface area (Å²) >= 11 is 0. The highest BCUT2D eigenvalue weighted by Gasteiger charge is 2.45. The highest BCUT2D eigenvalue weighted by molar-refractivity contribution is 5.18. The zero-order valence-electron chi connectivity index (χ0n) is 14.9. The molecule has 0 amide bonds. The Labute approximate surface area is 145 Å². The van der Waals surface area contributed by atoms with Crippen molar-refractivity contribution in [3.63, 3.8) is 0 Å². The van der Waals surface area contributed by atoms with Crippen LogP contribution < -0.4 is 4.74 Å². The van der Waals surface area contributed by atoms with E-state index < -0.39 is 5.60 Å². The first-order valence-electron chi connectivity index (χ1n) is 9.22. The number of rotatable bonds is 5. The fraction of sp³-hybridized carbons (Fsp3) is 0.737. The van der Waals surface area contributed by atoms with Crippen LogP contribution in [0.3, 0.4) is 0 Å². The summed E-state index contributed by atoms with van der Waals surface area (Å²) in [4.78, 5) is 6.77. The molecule has 0 bridgehead atoms. The summed E-state index contributed by atoms with van der Waals surface area (Å²) in [6.07, 6.45) is 4.73. The van der Waals surface area contributed by atoms with Gasteiger partial charge < -0.3 is 14.6 Å². The van der Waals surface area contributed by atoms with E-state index in [0.717, 1.165) is 52.1 Å². The Morgan fingerprint density at radius 2 is 2.17 bits per heavy atom. The summed E-state index contributed by atoms with van der Waals surface area (Å²) in [6, 6.07) is 4.02. The summed E-state index contributed by atoms with van der Waals surface area (Å²) in [6.45, 7) is 9.13. The number of likely N-dealkylation sites (tertiary alicyclic amines) is 1. The molecule has 0 spiro atoms. The second kappa shape index (κ2) is 7.81. The predicted molar refractivity (Wildman–Crippen MR) is 93.0 cm³/mol.